The highest BCUT2D eigenvalue weighted by Gasteiger charge is 2.35. The topological polar surface area (TPSA) is 75.4 Å². The van der Waals surface area contributed by atoms with Crippen LogP contribution in [0.4, 0.5) is 0 Å². The van der Waals surface area contributed by atoms with Crippen molar-refractivity contribution in [2.24, 2.45) is 0 Å². The molecule has 1 N–H and O–H groups in total. The molecule has 0 aliphatic carbocycles. The zero-order chi connectivity index (χ0) is 16.6. The van der Waals surface area contributed by atoms with Crippen LogP contribution in [0.15, 0.2) is 30.3 Å². The number of aromatic nitrogens is 2. The molecule has 2 aromatic rings. The lowest BCUT2D eigenvalue weighted by molar-refractivity contribution is -0.141. The summed E-state index contributed by atoms with van der Waals surface area (Å²) in [5, 5.41) is 14.1. The lowest BCUT2D eigenvalue weighted by Gasteiger charge is -2.20. The van der Waals surface area contributed by atoms with Gasteiger partial charge in [-0.2, -0.15) is 5.10 Å². The van der Waals surface area contributed by atoms with E-state index in [-0.39, 0.29) is 11.6 Å². The van der Waals surface area contributed by atoms with Crippen LogP contribution in [0.3, 0.4) is 0 Å². The van der Waals surface area contributed by atoms with Gasteiger partial charge in [0, 0.05) is 17.3 Å². The lowest BCUT2D eigenvalue weighted by atomic mass is 10.2. The summed E-state index contributed by atoms with van der Waals surface area (Å²) >= 11 is 5.99. The van der Waals surface area contributed by atoms with Crippen molar-refractivity contribution in [2.75, 3.05) is 6.54 Å². The van der Waals surface area contributed by atoms with E-state index >= 15 is 0 Å². The Kier molecular flexibility index (Phi) is 4.09. The number of rotatable bonds is 3. The molecule has 0 saturated carbocycles. The third kappa shape index (κ3) is 2.94. The number of benzene rings is 1. The van der Waals surface area contributed by atoms with Gasteiger partial charge in [0.2, 0.25) is 0 Å². The Balaban J connectivity index is 1.91. The quantitative estimate of drug-likeness (QED) is 0.936. The highest BCUT2D eigenvalue weighted by molar-refractivity contribution is 6.30. The van der Waals surface area contributed by atoms with Gasteiger partial charge >= 0.3 is 5.97 Å². The number of halogens is 1. The molecule has 7 heteroatoms. The minimum Gasteiger partial charge on any atom is -0.480 e. The molecule has 1 unspecified atom stereocenters. The van der Waals surface area contributed by atoms with Gasteiger partial charge in [-0.05, 0) is 44.0 Å². The first kappa shape index (κ1) is 15.6. The number of carbonyl (C=O) groups is 2. The molecule has 0 radical (unpaired) electrons. The minimum atomic E-state index is -0.971. The van der Waals surface area contributed by atoms with Crippen LogP contribution in [0.5, 0.6) is 0 Å². The molecular weight excluding hydrogens is 318 g/mol. The van der Waals surface area contributed by atoms with E-state index in [9.17, 15) is 14.7 Å². The van der Waals surface area contributed by atoms with Gasteiger partial charge in [0.15, 0.2) is 5.69 Å². The molecule has 3 rings (SSSR count). The number of hydrogen-bond donors (Lipinski definition) is 1. The van der Waals surface area contributed by atoms with E-state index in [0.717, 1.165) is 11.4 Å². The fourth-order valence-corrected chi connectivity index (χ4v) is 3.05. The van der Waals surface area contributed by atoms with E-state index in [4.69, 9.17) is 11.6 Å². The maximum Gasteiger partial charge on any atom is 0.326 e. The van der Waals surface area contributed by atoms with Crippen molar-refractivity contribution in [1.29, 1.82) is 0 Å². The number of hydrogen-bond acceptors (Lipinski definition) is 3. The molecule has 1 aliphatic heterocycles. The van der Waals surface area contributed by atoms with Gasteiger partial charge in [-0.3, -0.25) is 4.79 Å². The van der Waals surface area contributed by atoms with Crippen molar-refractivity contribution < 1.29 is 14.7 Å². The first-order chi connectivity index (χ1) is 11.0. The third-order valence-electron chi connectivity index (χ3n) is 3.96. The molecule has 0 bridgehead atoms. The Hall–Kier alpha value is -2.34. The van der Waals surface area contributed by atoms with Crippen molar-refractivity contribution in [3.05, 3.63) is 46.7 Å². The second-order valence-electron chi connectivity index (χ2n) is 5.56. The number of likely N-dealkylation sites (tertiary alicyclic amines) is 1. The maximum absolute atomic E-state index is 12.6. The van der Waals surface area contributed by atoms with Crippen LogP contribution < -0.4 is 0 Å². The number of carboxylic acids is 1. The van der Waals surface area contributed by atoms with Crippen molar-refractivity contribution >= 4 is 23.5 Å². The Morgan fingerprint density at radius 2 is 2.13 bits per heavy atom. The van der Waals surface area contributed by atoms with Gasteiger partial charge in [-0.1, -0.05) is 17.7 Å². The summed E-state index contributed by atoms with van der Waals surface area (Å²) in [7, 11) is 0. The van der Waals surface area contributed by atoms with Crippen LogP contribution in [0.2, 0.25) is 5.02 Å². The second kappa shape index (κ2) is 6.04. The van der Waals surface area contributed by atoms with Crippen LogP contribution in [-0.4, -0.2) is 44.3 Å². The summed E-state index contributed by atoms with van der Waals surface area (Å²) in [5.41, 5.74) is 1.78. The van der Waals surface area contributed by atoms with E-state index in [0.29, 0.717) is 24.4 Å². The molecule has 23 heavy (non-hydrogen) atoms. The second-order valence-corrected chi connectivity index (χ2v) is 5.99. The van der Waals surface area contributed by atoms with E-state index in [1.807, 2.05) is 13.0 Å². The smallest absolute Gasteiger partial charge is 0.326 e. The van der Waals surface area contributed by atoms with E-state index in [2.05, 4.69) is 5.10 Å². The third-order valence-corrected chi connectivity index (χ3v) is 4.19. The zero-order valence-electron chi connectivity index (χ0n) is 12.6. The van der Waals surface area contributed by atoms with Crippen LogP contribution in [0.25, 0.3) is 5.69 Å². The van der Waals surface area contributed by atoms with Gasteiger partial charge in [-0.25, -0.2) is 9.48 Å². The molecule has 120 valence electrons. The average Bonchev–Trinajstić information content (AvgIpc) is 3.13. The summed E-state index contributed by atoms with van der Waals surface area (Å²) in [4.78, 5) is 25.2. The van der Waals surface area contributed by atoms with Crippen molar-refractivity contribution in [3.8, 4) is 5.69 Å². The highest BCUT2D eigenvalue weighted by atomic mass is 35.5. The molecule has 2 heterocycles. The first-order valence-corrected chi connectivity index (χ1v) is 7.71. The maximum atomic E-state index is 12.6. The van der Waals surface area contributed by atoms with Crippen LogP contribution >= 0.6 is 11.6 Å². The molecule has 1 saturated heterocycles. The Morgan fingerprint density at radius 1 is 1.35 bits per heavy atom. The Labute approximate surface area is 138 Å². The number of carbonyl (C=O) groups excluding carboxylic acids is 1. The fourth-order valence-electron chi connectivity index (χ4n) is 2.86. The van der Waals surface area contributed by atoms with Crippen LogP contribution in [-0.2, 0) is 4.79 Å². The lowest BCUT2D eigenvalue weighted by Crippen LogP contribution is -2.40. The predicted octanol–water partition coefficient (Wildman–Crippen LogP) is 2.52. The molecule has 1 atom stereocenters. The van der Waals surface area contributed by atoms with Crippen LogP contribution in [0.1, 0.15) is 29.0 Å². The number of carboxylic acid groups (broad SMARTS) is 1. The fraction of sp³-hybridized carbons (Fsp3) is 0.312. The van der Waals surface area contributed by atoms with Gasteiger partial charge in [-0.15, -0.1) is 0 Å². The first-order valence-electron chi connectivity index (χ1n) is 7.34. The summed E-state index contributed by atoms with van der Waals surface area (Å²) in [6, 6.07) is 8.07. The summed E-state index contributed by atoms with van der Waals surface area (Å²) < 4.78 is 1.63. The number of aliphatic carboxylic acids is 1. The summed E-state index contributed by atoms with van der Waals surface area (Å²) in [6.45, 7) is 2.28. The van der Waals surface area contributed by atoms with Crippen molar-refractivity contribution in [3.63, 3.8) is 0 Å². The minimum absolute atomic E-state index is 0.246. The average molecular weight is 334 g/mol. The van der Waals surface area contributed by atoms with Gasteiger partial charge in [0.25, 0.3) is 5.91 Å². The van der Waals surface area contributed by atoms with Crippen LogP contribution in [0, 0.1) is 6.92 Å². The molecule has 1 fully saturated rings. The van der Waals surface area contributed by atoms with Crippen molar-refractivity contribution in [2.45, 2.75) is 25.8 Å². The van der Waals surface area contributed by atoms with E-state index < -0.39 is 12.0 Å². The predicted molar refractivity (Wildman–Crippen MR) is 85.0 cm³/mol. The zero-order valence-corrected chi connectivity index (χ0v) is 13.3. The molecule has 6 nitrogen and oxygen atoms in total. The van der Waals surface area contributed by atoms with E-state index in [1.54, 1.807) is 28.9 Å². The monoisotopic (exact) mass is 333 g/mol. The largest absolute Gasteiger partial charge is 0.480 e. The van der Waals surface area contributed by atoms with Crippen molar-refractivity contribution in [1.82, 2.24) is 14.7 Å². The molecule has 1 amide bonds. The molecule has 1 aromatic carbocycles. The van der Waals surface area contributed by atoms with Gasteiger partial charge in [0.1, 0.15) is 6.04 Å². The Morgan fingerprint density at radius 3 is 2.83 bits per heavy atom. The Bertz CT molecular complexity index is 772. The molecular formula is C16H16ClN3O3. The summed E-state index contributed by atoms with van der Waals surface area (Å²) in [5.74, 6) is -1.32. The molecule has 0 spiro atoms. The van der Waals surface area contributed by atoms with E-state index in [1.165, 1.54) is 4.90 Å². The normalized spacial score (nSPS) is 17.5. The molecule has 1 aliphatic rings. The molecule has 1 aromatic heterocycles. The number of aryl methyl sites for hydroxylation is 1. The standard InChI is InChI=1S/C16H16ClN3O3/c1-10-8-13(15(21)19-7-3-6-14(19)16(22)23)18-20(10)12-5-2-4-11(17)9-12/h2,4-5,8-9,14H,3,6-7H2,1H3,(H,22,23). The number of amides is 1. The number of nitrogens with zero attached hydrogens (tertiary/aromatic N) is 3. The SMILES string of the molecule is Cc1cc(C(=O)N2CCCC2C(=O)O)nn1-c1cccc(Cl)c1. The summed E-state index contributed by atoms with van der Waals surface area (Å²) in [6.07, 6.45) is 1.17. The van der Waals surface area contributed by atoms with Gasteiger partial charge in [0.05, 0.1) is 5.69 Å². The van der Waals surface area contributed by atoms with Gasteiger partial charge < -0.3 is 10.0 Å². The highest BCUT2D eigenvalue weighted by Crippen LogP contribution is 2.22.